The van der Waals surface area contributed by atoms with Crippen molar-refractivity contribution in [3.05, 3.63) is 86.3 Å². The molecular formula is C21H15ClO3S. The van der Waals surface area contributed by atoms with Gasteiger partial charge in [0.15, 0.2) is 5.76 Å². The van der Waals surface area contributed by atoms with Crippen LogP contribution in [0.1, 0.15) is 26.4 Å². The molecule has 2 heterocycles. The quantitative estimate of drug-likeness (QED) is 0.526. The monoisotopic (exact) mass is 382 g/mol. The summed E-state index contributed by atoms with van der Waals surface area (Å²) in [7, 11) is 0. The SMILES string of the molecule is Cc1c(OCc2ccc(Cl)cc2)ccc2c1O/C(=C\c1cccs1)C2=O. The van der Waals surface area contributed by atoms with Gasteiger partial charge in [0, 0.05) is 21.5 Å². The van der Waals surface area contributed by atoms with E-state index in [-0.39, 0.29) is 5.78 Å². The second-order valence-electron chi connectivity index (χ2n) is 5.94. The van der Waals surface area contributed by atoms with Gasteiger partial charge in [0.2, 0.25) is 5.78 Å². The number of allylic oxidation sites excluding steroid dienone is 1. The van der Waals surface area contributed by atoms with Crippen molar-refractivity contribution in [2.24, 2.45) is 0 Å². The van der Waals surface area contributed by atoms with Gasteiger partial charge in [-0.05, 0) is 48.2 Å². The highest BCUT2D eigenvalue weighted by Crippen LogP contribution is 2.39. The van der Waals surface area contributed by atoms with Gasteiger partial charge in [0.1, 0.15) is 18.1 Å². The number of ether oxygens (including phenoxy) is 2. The number of halogens is 1. The fraction of sp³-hybridized carbons (Fsp3) is 0.0952. The zero-order valence-corrected chi connectivity index (χ0v) is 15.6. The molecule has 1 aliphatic heterocycles. The molecule has 5 heteroatoms. The summed E-state index contributed by atoms with van der Waals surface area (Å²) in [6.45, 7) is 2.32. The number of rotatable bonds is 4. The number of hydrogen-bond acceptors (Lipinski definition) is 4. The fourth-order valence-electron chi connectivity index (χ4n) is 2.77. The number of thiophene rings is 1. The summed E-state index contributed by atoms with van der Waals surface area (Å²) in [6.07, 6.45) is 1.78. The lowest BCUT2D eigenvalue weighted by atomic mass is 10.1. The summed E-state index contributed by atoms with van der Waals surface area (Å²) in [5.74, 6) is 1.52. The molecule has 3 nitrogen and oxygen atoms in total. The van der Waals surface area contributed by atoms with Gasteiger partial charge in [-0.15, -0.1) is 11.3 Å². The maximum atomic E-state index is 12.6. The summed E-state index contributed by atoms with van der Waals surface area (Å²) in [4.78, 5) is 13.5. The molecular weight excluding hydrogens is 368 g/mol. The molecule has 2 aromatic carbocycles. The van der Waals surface area contributed by atoms with Gasteiger partial charge >= 0.3 is 0 Å². The fourth-order valence-corrected chi connectivity index (χ4v) is 3.54. The van der Waals surface area contributed by atoms with Crippen molar-refractivity contribution < 1.29 is 14.3 Å². The smallest absolute Gasteiger partial charge is 0.232 e. The summed E-state index contributed by atoms with van der Waals surface area (Å²) in [5.41, 5.74) is 2.41. The third-order valence-electron chi connectivity index (χ3n) is 4.16. The third kappa shape index (κ3) is 3.26. The molecule has 1 aliphatic rings. The van der Waals surface area contributed by atoms with Gasteiger partial charge in [-0.2, -0.15) is 0 Å². The Morgan fingerprint density at radius 3 is 2.69 bits per heavy atom. The van der Waals surface area contributed by atoms with Crippen molar-refractivity contribution in [3.63, 3.8) is 0 Å². The normalized spacial score (nSPS) is 14.4. The Bertz CT molecular complexity index is 989. The first-order valence-corrected chi connectivity index (χ1v) is 9.36. The molecule has 0 radical (unpaired) electrons. The van der Waals surface area contributed by atoms with Crippen LogP contribution in [0.15, 0.2) is 59.7 Å². The Kier molecular flexibility index (Phi) is 4.53. The summed E-state index contributed by atoms with van der Waals surface area (Å²) in [5, 5.41) is 2.66. The molecule has 0 bridgehead atoms. The third-order valence-corrected chi connectivity index (χ3v) is 5.23. The van der Waals surface area contributed by atoms with Crippen LogP contribution in [0.5, 0.6) is 11.5 Å². The van der Waals surface area contributed by atoms with Crippen molar-refractivity contribution in [1.82, 2.24) is 0 Å². The maximum Gasteiger partial charge on any atom is 0.232 e. The first-order chi connectivity index (χ1) is 12.6. The molecule has 0 fully saturated rings. The van der Waals surface area contributed by atoms with Gasteiger partial charge < -0.3 is 9.47 Å². The molecule has 0 N–H and O–H groups in total. The minimum absolute atomic E-state index is 0.0965. The van der Waals surface area contributed by atoms with Crippen molar-refractivity contribution >= 4 is 34.8 Å². The van der Waals surface area contributed by atoms with E-state index in [9.17, 15) is 4.79 Å². The van der Waals surface area contributed by atoms with Crippen LogP contribution in [0, 0.1) is 6.92 Å². The van der Waals surface area contributed by atoms with Gasteiger partial charge in [-0.25, -0.2) is 0 Å². The standard InChI is InChI=1S/C21H15ClO3S/c1-13-18(24-12-14-4-6-15(22)7-5-14)9-8-17-20(23)19(25-21(13)17)11-16-3-2-10-26-16/h2-11H,12H2,1H3/b19-11-. The lowest BCUT2D eigenvalue weighted by Gasteiger charge is -2.11. The molecule has 130 valence electrons. The topological polar surface area (TPSA) is 35.5 Å². The second-order valence-corrected chi connectivity index (χ2v) is 7.35. The van der Waals surface area contributed by atoms with Crippen LogP contribution in [-0.2, 0) is 6.61 Å². The minimum atomic E-state index is -0.0965. The average molecular weight is 383 g/mol. The molecule has 0 saturated carbocycles. The van der Waals surface area contributed by atoms with E-state index in [4.69, 9.17) is 21.1 Å². The molecule has 0 atom stereocenters. The number of Topliss-reactive ketones (excluding diaryl/α,β-unsaturated/α-hetero) is 1. The molecule has 0 spiro atoms. The van der Waals surface area contributed by atoms with Crippen LogP contribution in [0.2, 0.25) is 5.02 Å². The first kappa shape index (κ1) is 16.9. The van der Waals surface area contributed by atoms with Gasteiger partial charge in [0.05, 0.1) is 5.56 Å². The van der Waals surface area contributed by atoms with Crippen molar-refractivity contribution in [3.8, 4) is 11.5 Å². The largest absolute Gasteiger partial charge is 0.488 e. The molecule has 4 rings (SSSR count). The van der Waals surface area contributed by atoms with E-state index >= 15 is 0 Å². The van der Waals surface area contributed by atoms with E-state index < -0.39 is 0 Å². The molecule has 3 aromatic rings. The van der Waals surface area contributed by atoms with E-state index in [2.05, 4.69) is 0 Å². The van der Waals surface area contributed by atoms with Crippen LogP contribution in [0.25, 0.3) is 6.08 Å². The van der Waals surface area contributed by atoms with E-state index in [0.717, 1.165) is 16.0 Å². The number of hydrogen-bond donors (Lipinski definition) is 0. The van der Waals surface area contributed by atoms with Crippen LogP contribution in [0.3, 0.4) is 0 Å². The summed E-state index contributed by atoms with van der Waals surface area (Å²) >= 11 is 7.46. The predicted molar refractivity (Wildman–Crippen MR) is 104 cm³/mol. The van der Waals surface area contributed by atoms with Gasteiger partial charge in [-0.1, -0.05) is 29.8 Å². The minimum Gasteiger partial charge on any atom is -0.488 e. The second kappa shape index (κ2) is 6.98. The Labute approximate surface area is 160 Å². The number of ketones is 1. The first-order valence-electron chi connectivity index (χ1n) is 8.10. The number of fused-ring (bicyclic) bond motifs is 1. The Balaban J connectivity index is 1.56. The highest BCUT2D eigenvalue weighted by atomic mass is 35.5. The molecule has 0 aliphatic carbocycles. The molecule has 0 saturated heterocycles. The van der Waals surface area contributed by atoms with E-state index in [0.29, 0.717) is 34.5 Å². The highest BCUT2D eigenvalue weighted by molar-refractivity contribution is 7.10. The van der Waals surface area contributed by atoms with Crippen molar-refractivity contribution in [1.29, 1.82) is 0 Å². The van der Waals surface area contributed by atoms with E-state index in [1.165, 1.54) is 0 Å². The Hall–Kier alpha value is -2.56. The Morgan fingerprint density at radius 1 is 1.15 bits per heavy atom. The predicted octanol–water partition coefficient (Wildman–Crippen LogP) is 5.91. The maximum absolute atomic E-state index is 12.6. The summed E-state index contributed by atoms with van der Waals surface area (Å²) in [6, 6.07) is 15.0. The van der Waals surface area contributed by atoms with Crippen molar-refractivity contribution in [2.45, 2.75) is 13.5 Å². The molecule has 26 heavy (non-hydrogen) atoms. The van der Waals surface area contributed by atoms with Crippen LogP contribution < -0.4 is 9.47 Å². The molecule has 0 unspecified atom stereocenters. The zero-order chi connectivity index (χ0) is 18.1. The lowest BCUT2D eigenvalue weighted by molar-refractivity contribution is 0.101. The van der Waals surface area contributed by atoms with Gasteiger partial charge in [0.25, 0.3) is 0 Å². The van der Waals surface area contributed by atoms with Crippen LogP contribution in [-0.4, -0.2) is 5.78 Å². The molecule has 0 amide bonds. The number of carbonyl (C=O) groups is 1. The average Bonchev–Trinajstić information content (AvgIpc) is 3.26. The van der Waals surface area contributed by atoms with Crippen LogP contribution in [0.4, 0.5) is 0 Å². The van der Waals surface area contributed by atoms with Crippen LogP contribution >= 0.6 is 22.9 Å². The zero-order valence-electron chi connectivity index (χ0n) is 14.0. The lowest BCUT2D eigenvalue weighted by Crippen LogP contribution is -1.98. The number of benzene rings is 2. The van der Waals surface area contributed by atoms with E-state index in [1.54, 1.807) is 23.5 Å². The molecule has 1 aromatic heterocycles. The highest BCUT2D eigenvalue weighted by Gasteiger charge is 2.30. The number of carbonyl (C=O) groups excluding carboxylic acids is 1. The Morgan fingerprint density at radius 2 is 1.96 bits per heavy atom. The van der Waals surface area contributed by atoms with Crippen molar-refractivity contribution in [2.75, 3.05) is 0 Å². The van der Waals surface area contributed by atoms with Gasteiger partial charge in [-0.3, -0.25) is 4.79 Å². The summed E-state index contributed by atoms with van der Waals surface area (Å²) < 4.78 is 11.8. The van der Waals surface area contributed by atoms with E-state index in [1.807, 2.05) is 54.8 Å².